The normalized spacial score (nSPS) is 21.0. The van der Waals surface area contributed by atoms with Crippen LogP contribution in [0, 0.1) is 5.41 Å². The van der Waals surface area contributed by atoms with Crippen LogP contribution >= 0.6 is 27.5 Å². The summed E-state index contributed by atoms with van der Waals surface area (Å²) in [5.74, 6) is -0.943. The molecule has 1 heterocycles. The van der Waals surface area contributed by atoms with Gasteiger partial charge >= 0.3 is 6.03 Å². The Kier molecular flexibility index (Phi) is 3.53. The molecular formula is C14H12BrClN2O3. The average molecular weight is 372 g/mol. The summed E-state index contributed by atoms with van der Waals surface area (Å²) in [6.45, 7) is 0. The highest BCUT2D eigenvalue weighted by Gasteiger charge is 2.55. The molecule has 1 saturated carbocycles. The van der Waals surface area contributed by atoms with Crippen LogP contribution in [0.2, 0.25) is 5.02 Å². The maximum atomic E-state index is 12.8. The van der Waals surface area contributed by atoms with E-state index in [-0.39, 0.29) is 0 Å². The van der Waals surface area contributed by atoms with Crippen LogP contribution in [0.15, 0.2) is 22.7 Å². The molecule has 2 fully saturated rings. The lowest BCUT2D eigenvalue weighted by Gasteiger charge is -2.37. The third kappa shape index (κ3) is 2.17. The van der Waals surface area contributed by atoms with E-state index in [4.69, 9.17) is 11.6 Å². The first-order valence-corrected chi connectivity index (χ1v) is 7.78. The number of urea groups is 1. The molecule has 0 bridgehead atoms. The van der Waals surface area contributed by atoms with Crippen molar-refractivity contribution in [1.82, 2.24) is 5.32 Å². The first kappa shape index (κ1) is 14.5. The smallest absolute Gasteiger partial charge is 0.276 e. The Morgan fingerprint density at radius 1 is 1.19 bits per heavy atom. The number of carbonyl (C=O) groups excluding carboxylic acids is 3. The topological polar surface area (TPSA) is 66.5 Å². The van der Waals surface area contributed by atoms with E-state index in [0.29, 0.717) is 28.0 Å². The summed E-state index contributed by atoms with van der Waals surface area (Å²) in [4.78, 5) is 38.1. The highest BCUT2D eigenvalue weighted by molar-refractivity contribution is 9.10. The van der Waals surface area contributed by atoms with Gasteiger partial charge in [-0.1, -0.05) is 24.4 Å². The maximum absolute atomic E-state index is 12.8. The van der Waals surface area contributed by atoms with Gasteiger partial charge in [-0.25, -0.2) is 9.69 Å². The highest BCUT2D eigenvalue weighted by atomic mass is 79.9. The zero-order valence-electron chi connectivity index (χ0n) is 11.0. The lowest BCUT2D eigenvalue weighted by atomic mass is 9.82. The molecule has 0 atom stereocenters. The number of nitrogens with zero attached hydrogens (tertiary/aromatic N) is 1. The van der Waals surface area contributed by atoms with Crippen LogP contribution in [0.5, 0.6) is 0 Å². The number of anilines is 1. The van der Waals surface area contributed by atoms with Gasteiger partial charge in [0, 0.05) is 9.50 Å². The monoisotopic (exact) mass is 370 g/mol. The molecule has 4 amide bonds. The fraction of sp³-hybridized carbons (Fsp3) is 0.357. The van der Waals surface area contributed by atoms with Crippen LogP contribution in [0.25, 0.3) is 0 Å². The first-order chi connectivity index (χ1) is 9.95. The summed E-state index contributed by atoms with van der Waals surface area (Å²) in [6, 6.07) is 4.11. The van der Waals surface area contributed by atoms with Gasteiger partial charge in [-0.3, -0.25) is 14.9 Å². The van der Waals surface area contributed by atoms with E-state index in [9.17, 15) is 14.4 Å². The second-order valence-electron chi connectivity index (χ2n) is 5.28. The number of hydrogen-bond acceptors (Lipinski definition) is 3. The molecule has 0 aromatic heterocycles. The van der Waals surface area contributed by atoms with Crippen molar-refractivity contribution in [2.75, 3.05) is 4.90 Å². The fourth-order valence-corrected chi connectivity index (χ4v) is 3.56. The van der Waals surface area contributed by atoms with Crippen molar-refractivity contribution in [3.8, 4) is 0 Å². The molecule has 1 saturated heterocycles. The van der Waals surface area contributed by atoms with Gasteiger partial charge in [-0.15, -0.1) is 0 Å². The number of carbonyl (C=O) groups is 3. The third-order valence-electron chi connectivity index (χ3n) is 4.08. The van der Waals surface area contributed by atoms with Crippen LogP contribution in [-0.4, -0.2) is 17.8 Å². The maximum Gasteiger partial charge on any atom is 0.335 e. The Balaban J connectivity index is 2.09. The van der Waals surface area contributed by atoms with E-state index in [1.54, 1.807) is 12.1 Å². The Hall–Kier alpha value is -1.40. The first-order valence-electron chi connectivity index (χ1n) is 6.61. The summed E-state index contributed by atoms with van der Waals surface area (Å²) in [6.07, 6.45) is 2.55. The van der Waals surface area contributed by atoms with Gasteiger partial charge in [0.25, 0.3) is 5.91 Å². The molecule has 110 valence electrons. The summed E-state index contributed by atoms with van der Waals surface area (Å²) < 4.78 is 0.567. The molecule has 5 nitrogen and oxygen atoms in total. The minimum atomic E-state index is -1.12. The van der Waals surface area contributed by atoms with Crippen LogP contribution < -0.4 is 10.2 Å². The molecule has 1 aliphatic heterocycles. The van der Waals surface area contributed by atoms with E-state index in [1.807, 2.05) is 0 Å². The van der Waals surface area contributed by atoms with Crippen molar-refractivity contribution in [1.29, 1.82) is 0 Å². The SMILES string of the molecule is O=C1NC(=O)C2(CCCC2)C(=O)N1c1cc(Cl)ccc1Br. The van der Waals surface area contributed by atoms with Crippen molar-refractivity contribution >= 4 is 51.1 Å². The van der Waals surface area contributed by atoms with E-state index in [0.717, 1.165) is 17.7 Å². The second kappa shape index (κ2) is 5.10. The Morgan fingerprint density at radius 2 is 1.86 bits per heavy atom. The molecule has 1 N–H and O–H groups in total. The summed E-state index contributed by atoms with van der Waals surface area (Å²) >= 11 is 9.27. The largest absolute Gasteiger partial charge is 0.335 e. The minimum Gasteiger partial charge on any atom is -0.276 e. The Morgan fingerprint density at radius 3 is 2.52 bits per heavy atom. The number of halogens is 2. The molecule has 21 heavy (non-hydrogen) atoms. The van der Waals surface area contributed by atoms with Crippen LogP contribution in [0.1, 0.15) is 25.7 Å². The van der Waals surface area contributed by atoms with Gasteiger partial charge in [-0.2, -0.15) is 0 Å². The van der Waals surface area contributed by atoms with Gasteiger partial charge in [0.2, 0.25) is 5.91 Å². The molecule has 3 rings (SSSR count). The Bertz CT molecular complexity index is 656. The van der Waals surface area contributed by atoms with Crippen molar-refractivity contribution in [3.05, 3.63) is 27.7 Å². The second-order valence-corrected chi connectivity index (χ2v) is 6.58. The van der Waals surface area contributed by atoms with Crippen molar-refractivity contribution < 1.29 is 14.4 Å². The predicted molar refractivity (Wildman–Crippen MR) is 81.1 cm³/mol. The molecule has 1 spiro atoms. The number of amides is 4. The van der Waals surface area contributed by atoms with E-state index < -0.39 is 23.3 Å². The zero-order valence-corrected chi connectivity index (χ0v) is 13.3. The number of imide groups is 2. The summed E-state index contributed by atoms with van der Waals surface area (Å²) in [5.41, 5.74) is -0.765. The molecule has 1 aromatic carbocycles. The number of rotatable bonds is 1. The molecule has 2 aliphatic rings. The molecule has 1 aromatic rings. The Labute approximate surface area is 134 Å². The number of hydrogen-bond donors (Lipinski definition) is 1. The molecule has 0 unspecified atom stereocenters. The van der Waals surface area contributed by atoms with Crippen molar-refractivity contribution in [3.63, 3.8) is 0 Å². The number of barbiturate groups is 1. The zero-order chi connectivity index (χ0) is 15.2. The summed E-state index contributed by atoms with van der Waals surface area (Å²) in [5, 5.41) is 2.71. The van der Waals surface area contributed by atoms with Gasteiger partial charge < -0.3 is 0 Å². The van der Waals surface area contributed by atoms with Crippen molar-refractivity contribution in [2.45, 2.75) is 25.7 Å². The lowest BCUT2D eigenvalue weighted by molar-refractivity contribution is -0.142. The highest BCUT2D eigenvalue weighted by Crippen LogP contribution is 2.44. The van der Waals surface area contributed by atoms with Gasteiger partial charge in [0.1, 0.15) is 5.41 Å². The minimum absolute atomic E-state index is 0.351. The summed E-state index contributed by atoms with van der Waals surface area (Å²) in [7, 11) is 0. The molecule has 7 heteroatoms. The van der Waals surface area contributed by atoms with E-state index in [1.165, 1.54) is 6.07 Å². The molecule has 0 radical (unpaired) electrons. The number of benzene rings is 1. The van der Waals surface area contributed by atoms with Crippen LogP contribution in [0.3, 0.4) is 0 Å². The lowest BCUT2D eigenvalue weighted by Crippen LogP contribution is -2.63. The quantitative estimate of drug-likeness (QED) is 0.771. The van der Waals surface area contributed by atoms with Gasteiger partial charge in [0.05, 0.1) is 5.69 Å². The molecular weight excluding hydrogens is 360 g/mol. The van der Waals surface area contributed by atoms with E-state index >= 15 is 0 Å². The van der Waals surface area contributed by atoms with Gasteiger partial charge in [-0.05, 0) is 47.0 Å². The third-order valence-corrected chi connectivity index (χ3v) is 4.98. The van der Waals surface area contributed by atoms with E-state index in [2.05, 4.69) is 21.2 Å². The standard InChI is InChI=1S/C14H12BrClN2O3/c15-9-4-3-8(16)7-10(9)18-12(20)14(5-1-2-6-14)11(19)17-13(18)21/h3-4,7H,1-2,5-6H2,(H,17,19,21). The molecule has 1 aliphatic carbocycles. The van der Waals surface area contributed by atoms with Crippen LogP contribution in [0.4, 0.5) is 10.5 Å². The number of nitrogens with one attached hydrogen (secondary N) is 1. The van der Waals surface area contributed by atoms with Gasteiger partial charge in [0.15, 0.2) is 0 Å². The average Bonchev–Trinajstić information content (AvgIpc) is 2.92. The fourth-order valence-electron chi connectivity index (χ4n) is 2.97. The van der Waals surface area contributed by atoms with Crippen molar-refractivity contribution in [2.24, 2.45) is 5.41 Å². The predicted octanol–water partition coefficient (Wildman–Crippen LogP) is 3.25. The van der Waals surface area contributed by atoms with Crippen LogP contribution in [-0.2, 0) is 9.59 Å².